The summed E-state index contributed by atoms with van der Waals surface area (Å²) in [7, 11) is 0. The van der Waals surface area contributed by atoms with Crippen molar-refractivity contribution in [1.29, 1.82) is 0 Å². The highest BCUT2D eigenvalue weighted by Gasteiger charge is 2.26. The summed E-state index contributed by atoms with van der Waals surface area (Å²) in [6.07, 6.45) is 9.00. The van der Waals surface area contributed by atoms with Gasteiger partial charge in [-0.1, -0.05) is 32.6 Å². The fourth-order valence-electron chi connectivity index (χ4n) is 4.10. The first kappa shape index (κ1) is 17.9. The fourth-order valence-corrected chi connectivity index (χ4v) is 4.10. The number of aryl methyl sites for hydroxylation is 1. The van der Waals surface area contributed by atoms with E-state index in [4.69, 9.17) is 4.74 Å². The molecule has 1 aromatic heterocycles. The van der Waals surface area contributed by atoms with E-state index in [9.17, 15) is 4.79 Å². The van der Waals surface area contributed by atoms with Crippen LogP contribution in [-0.2, 0) is 11.2 Å². The molecule has 1 aliphatic heterocycles. The number of rotatable bonds is 6. The van der Waals surface area contributed by atoms with Gasteiger partial charge in [-0.15, -0.1) is 5.10 Å². The van der Waals surface area contributed by atoms with Crippen molar-refractivity contribution >= 4 is 11.6 Å². The minimum Gasteiger partial charge on any atom is -0.482 e. The molecule has 1 fully saturated rings. The number of tetrazole rings is 1. The monoisotopic (exact) mass is 369 g/mol. The van der Waals surface area contributed by atoms with Crippen LogP contribution >= 0.6 is 0 Å². The van der Waals surface area contributed by atoms with Crippen LogP contribution in [0.2, 0.25) is 0 Å². The topological polar surface area (TPSA) is 81.9 Å². The zero-order valence-electron chi connectivity index (χ0n) is 15.9. The van der Waals surface area contributed by atoms with Crippen molar-refractivity contribution in [2.75, 3.05) is 5.32 Å². The Kier molecular flexibility index (Phi) is 5.36. The van der Waals surface area contributed by atoms with E-state index in [0.717, 1.165) is 54.9 Å². The van der Waals surface area contributed by atoms with E-state index in [0.29, 0.717) is 12.5 Å². The molecular weight excluding hydrogens is 342 g/mol. The van der Waals surface area contributed by atoms with Crippen LogP contribution in [0.4, 0.5) is 5.69 Å². The molecule has 1 saturated carbocycles. The predicted octanol–water partition coefficient (Wildman–Crippen LogP) is 3.98. The molecule has 1 aromatic carbocycles. The summed E-state index contributed by atoms with van der Waals surface area (Å²) in [6.45, 7) is 2.15. The number of anilines is 1. The Morgan fingerprint density at radius 2 is 2.11 bits per heavy atom. The van der Waals surface area contributed by atoms with Crippen molar-refractivity contribution in [3.05, 3.63) is 29.6 Å². The van der Waals surface area contributed by atoms with Gasteiger partial charge in [-0.2, -0.15) is 0 Å². The average Bonchev–Trinajstić information content (AvgIpc) is 3.18. The molecule has 1 amide bonds. The third-order valence-corrected chi connectivity index (χ3v) is 5.53. The lowest BCUT2D eigenvalue weighted by atomic mass is 9.95. The third-order valence-electron chi connectivity index (χ3n) is 5.53. The Morgan fingerprint density at radius 3 is 2.93 bits per heavy atom. The van der Waals surface area contributed by atoms with Crippen molar-refractivity contribution in [3.63, 3.8) is 0 Å². The van der Waals surface area contributed by atoms with E-state index in [1.807, 2.05) is 22.9 Å². The number of nitrogens with zero attached hydrogens (tertiary/aromatic N) is 4. The molecule has 0 spiro atoms. The average molecular weight is 369 g/mol. The van der Waals surface area contributed by atoms with Gasteiger partial charge in [0.25, 0.3) is 0 Å². The Labute approximate surface area is 159 Å². The molecule has 0 bridgehead atoms. The second kappa shape index (κ2) is 8.06. The number of carbonyl (C=O) groups is 1. The van der Waals surface area contributed by atoms with Gasteiger partial charge in [0.2, 0.25) is 5.91 Å². The zero-order chi connectivity index (χ0) is 18.6. The third kappa shape index (κ3) is 3.96. The first-order valence-electron chi connectivity index (χ1n) is 10.1. The number of benzene rings is 1. The lowest BCUT2D eigenvalue weighted by Crippen LogP contribution is -2.21. The maximum absolute atomic E-state index is 11.5. The van der Waals surface area contributed by atoms with Gasteiger partial charge in [-0.05, 0) is 59.9 Å². The summed E-state index contributed by atoms with van der Waals surface area (Å²) in [5.41, 5.74) is 2.01. The van der Waals surface area contributed by atoms with Crippen LogP contribution < -0.4 is 10.1 Å². The number of nitrogens with one attached hydrogen (secondary N) is 1. The number of carbonyl (C=O) groups excluding carboxylic acids is 1. The van der Waals surface area contributed by atoms with Gasteiger partial charge in [0.05, 0.1) is 6.04 Å². The number of ether oxygens (including phenoxy) is 1. The Morgan fingerprint density at radius 1 is 1.26 bits per heavy atom. The maximum Gasteiger partial charge on any atom is 0.224 e. The molecule has 7 nitrogen and oxygen atoms in total. The van der Waals surface area contributed by atoms with E-state index in [2.05, 4.69) is 27.8 Å². The molecule has 1 N–H and O–H groups in total. The number of hydrogen-bond acceptors (Lipinski definition) is 5. The molecule has 1 atom stereocenters. The van der Waals surface area contributed by atoms with Gasteiger partial charge in [0.1, 0.15) is 5.75 Å². The lowest BCUT2D eigenvalue weighted by Gasteiger charge is -2.25. The molecule has 144 valence electrons. The summed E-state index contributed by atoms with van der Waals surface area (Å²) in [6, 6.07) is 6.26. The second-order valence-electron chi connectivity index (χ2n) is 7.54. The van der Waals surface area contributed by atoms with E-state index < -0.39 is 0 Å². The van der Waals surface area contributed by atoms with Crippen LogP contribution in [0.5, 0.6) is 5.75 Å². The lowest BCUT2D eigenvalue weighted by molar-refractivity contribution is -0.116. The molecule has 0 radical (unpaired) electrons. The first-order valence-corrected chi connectivity index (χ1v) is 10.1. The van der Waals surface area contributed by atoms with Gasteiger partial charge in [0, 0.05) is 12.1 Å². The first-order chi connectivity index (χ1) is 13.2. The van der Waals surface area contributed by atoms with E-state index in [1.165, 1.54) is 19.3 Å². The normalized spacial score (nSPS) is 18.6. The summed E-state index contributed by atoms with van der Waals surface area (Å²) >= 11 is 0. The number of amides is 1. The number of fused-ring (bicyclic) bond motifs is 1. The van der Waals surface area contributed by atoms with Gasteiger partial charge < -0.3 is 10.1 Å². The zero-order valence-corrected chi connectivity index (χ0v) is 15.9. The molecule has 0 saturated heterocycles. The van der Waals surface area contributed by atoms with Crippen LogP contribution in [0.1, 0.15) is 81.8 Å². The van der Waals surface area contributed by atoms with Gasteiger partial charge in [-0.3, -0.25) is 4.79 Å². The Hall–Kier alpha value is -2.44. The van der Waals surface area contributed by atoms with Gasteiger partial charge in [-0.25, -0.2) is 4.68 Å². The minimum absolute atomic E-state index is 0.0756. The summed E-state index contributed by atoms with van der Waals surface area (Å²) in [5.74, 6) is 1.71. The largest absolute Gasteiger partial charge is 0.482 e. The van der Waals surface area contributed by atoms with Crippen LogP contribution in [-0.4, -0.2) is 26.1 Å². The van der Waals surface area contributed by atoms with Crippen LogP contribution in [0, 0.1) is 0 Å². The quantitative estimate of drug-likeness (QED) is 0.833. The van der Waals surface area contributed by atoms with E-state index >= 15 is 0 Å². The van der Waals surface area contributed by atoms with Crippen molar-refractivity contribution in [2.45, 2.75) is 76.9 Å². The Bertz CT molecular complexity index is 797. The van der Waals surface area contributed by atoms with Crippen molar-refractivity contribution < 1.29 is 9.53 Å². The number of aromatic nitrogens is 4. The smallest absolute Gasteiger partial charge is 0.224 e. The molecule has 27 heavy (non-hydrogen) atoms. The highest BCUT2D eigenvalue weighted by atomic mass is 16.5. The molecule has 1 unspecified atom stereocenters. The Balaban J connectivity index is 1.55. The summed E-state index contributed by atoms with van der Waals surface area (Å²) in [5, 5.41) is 15.5. The number of hydrogen-bond donors (Lipinski definition) is 1. The minimum atomic E-state index is -0.164. The SMILES string of the molecule is CCCC(Oc1ccc2c(c1)CCC(=O)N2)c1nnnn1C1CCCCC1. The van der Waals surface area contributed by atoms with E-state index in [1.54, 1.807) is 0 Å². The van der Waals surface area contributed by atoms with Gasteiger partial charge >= 0.3 is 0 Å². The summed E-state index contributed by atoms with van der Waals surface area (Å²) < 4.78 is 8.35. The highest BCUT2D eigenvalue weighted by molar-refractivity contribution is 5.93. The maximum atomic E-state index is 11.5. The highest BCUT2D eigenvalue weighted by Crippen LogP contribution is 2.33. The van der Waals surface area contributed by atoms with Crippen LogP contribution in [0.3, 0.4) is 0 Å². The van der Waals surface area contributed by atoms with Crippen molar-refractivity contribution in [1.82, 2.24) is 20.2 Å². The molecule has 2 aliphatic rings. The fraction of sp³-hybridized carbons (Fsp3) is 0.600. The van der Waals surface area contributed by atoms with Gasteiger partial charge in [0.15, 0.2) is 11.9 Å². The standard InChI is InChI=1S/C20H27N5O2/c1-2-6-18(20-22-23-24-25(20)15-7-4-3-5-8-15)27-16-10-11-17-14(13-16)9-12-19(26)21-17/h10-11,13,15,18H,2-9,12H2,1H3,(H,21,26). The van der Waals surface area contributed by atoms with Crippen molar-refractivity contribution in [2.24, 2.45) is 0 Å². The second-order valence-corrected chi connectivity index (χ2v) is 7.54. The molecule has 4 rings (SSSR count). The molecular formula is C20H27N5O2. The van der Waals surface area contributed by atoms with Crippen molar-refractivity contribution in [3.8, 4) is 5.75 Å². The molecule has 2 heterocycles. The molecule has 2 aromatic rings. The van der Waals surface area contributed by atoms with E-state index in [-0.39, 0.29) is 12.0 Å². The summed E-state index contributed by atoms with van der Waals surface area (Å²) in [4.78, 5) is 11.5. The predicted molar refractivity (Wildman–Crippen MR) is 102 cm³/mol. The molecule has 7 heteroatoms. The van der Waals surface area contributed by atoms with Crippen LogP contribution in [0.25, 0.3) is 0 Å². The molecule has 1 aliphatic carbocycles. The van der Waals surface area contributed by atoms with Crippen LogP contribution in [0.15, 0.2) is 18.2 Å².